The molecule has 0 fully saturated rings. The van der Waals surface area contributed by atoms with Gasteiger partial charge in [-0.1, -0.05) is 38.1 Å². The monoisotopic (exact) mass is 244 g/mol. The number of hydrogen-bond acceptors (Lipinski definition) is 3. The second-order valence-corrected chi connectivity index (χ2v) is 4.62. The highest BCUT2D eigenvalue weighted by atomic mass is 16.4. The molecule has 0 saturated carbocycles. The average molecular weight is 244 g/mol. The number of nitrogens with zero attached hydrogens (tertiary/aromatic N) is 1. The maximum absolute atomic E-state index is 11.1. The summed E-state index contributed by atoms with van der Waals surface area (Å²) in [4.78, 5) is 15.4. The molecule has 1 heterocycles. The molecule has 1 aromatic heterocycles. The maximum atomic E-state index is 11.1. The molecule has 94 valence electrons. The topological polar surface area (TPSA) is 62.2 Å². The molecule has 0 radical (unpaired) electrons. The van der Waals surface area contributed by atoms with Gasteiger partial charge in [-0.15, -0.1) is 0 Å². The molecule has 2 N–H and O–H groups in total. The van der Waals surface area contributed by atoms with Gasteiger partial charge in [0.25, 0.3) is 0 Å². The van der Waals surface area contributed by atoms with E-state index in [-0.39, 0.29) is 5.92 Å². The number of hydrogen-bond donors (Lipinski definition) is 2. The largest absolute Gasteiger partial charge is 0.480 e. The Morgan fingerprint density at radius 1 is 1.28 bits per heavy atom. The minimum Gasteiger partial charge on any atom is -0.480 e. The number of pyridine rings is 1. The van der Waals surface area contributed by atoms with Crippen molar-refractivity contribution in [2.24, 2.45) is 5.92 Å². The number of carboxylic acid groups (broad SMARTS) is 1. The van der Waals surface area contributed by atoms with Gasteiger partial charge in [0, 0.05) is 11.6 Å². The Bertz CT molecular complexity index is 566. The smallest absolute Gasteiger partial charge is 0.326 e. The Kier molecular flexibility index (Phi) is 3.46. The molecule has 1 aromatic carbocycles. The summed E-state index contributed by atoms with van der Waals surface area (Å²) in [6, 6.07) is 9.09. The number of aromatic nitrogens is 1. The van der Waals surface area contributed by atoms with Gasteiger partial charge >= 0.3 is 5.97 Å². The van der Waals surface area contributed by atoms with Crippen molar-refractivity contribution in [3.8, 4) is 0 Å². The number of rotatable bonds is 4. The second-order valence-electron chi connectivity index (χ2n) is 4.62. The van der Waals surface area contributed by atoms with Crippen LogP contribution >= 0.6 is 0 Å². The molecular formula is C14H16N2O2. The molecule has 0 saturated heterocycles. The molecule has 4 nitrogen and oxygen atoms in total. The zero-order valence-electron chi connectivity index (χ0n) is 10.4. The molecule has 4 heteroatoms. The number of carboxylic acids is 1. The standard InChI is InChI=1S/C14H16N2O2/c1-9(2)13(14(17)18)16-12-7-10-5-3-4-6-11(10)8-15-12/h3-9,13H,1-2H3,(H,15,16)(H,17,18)/t13-/m0/s1. The minimum atomic E-state index is -0.861. The van der Waals surface area contributed by atoms with Crippen LogP contribution in [-0.2, 0) is 4.79 Å². The fraction of sp³-hybridized carbons (Fsp3) is 0.286. The fourth-order valence-corrected chi connectivity index (χ4v) is 1.84. The van der Waals surface area contributed by atoms with Crippen LogP contribution in [-0.4, -0.2) is 22.1 Å². The Morgan fingerprint density at radius 3 is 2.56 bits per heavy atom. The van der Waals surface area contributed by atoms with Gasteiger partial charge < -0.3 is 10.4 Å². The summed E-state index contributed by atoms with van der Waals surface area (Å²) in [6.45, 7) is 3.74. The van der Waals surface area contributed by atoms with Crippen LogP contribution in [0, 0.1) is 5.92 Å². The number of aliphatic carboxylic acids is 1. The summed E-state index contributed by atoms with van der Waals surface area (Å²) >= 11 is 0. The van der Waals surface area contributed by atoms with Crippen molar-refractivity contribution in [1.29, 1.82) is 0 Å². The van der Waals surface area contributed by atoms with E-state index in [9.17, 15) is 4.79 Å². The van der Waals surface area contributed by atoms with Gasteiger partial charge in [-0.2, -0.15) is 0 Å². The summed E-state index contributed by atoms with van der Waals surface area (Å²) in [6.07, 6.45) is 1.75. The van der Waals surface area contributed by atoms with Crippen molar-refractivity contribution >= 4 is 22.6 Å². The first kappa shape index (κ1) is 12.4. The van der Waals surface area contributed by atoms with Crippen molar-refractivity contribution in [2.75, 3.05) is 5.32 Å². The minimum absolute atomic E-state index is 0.00392. The van der Waals surface area contributed by atoms with Crippen LogP contribution < -0.4 is 5.32 Å². The van der Waals surface area contributed by atoms with E-state index in [2.05, 4.69) is 10.3 Å². The van der Waals surface area contributed by atoms with E-state index in [1.54, 1.807) is 6.20 Å². The van der Waals surface area contributed by atoms with Crippen LogP contribution in [0.5, 0.6) is 0 Å². The molecular weight excluding hydrogens is 228 g/mol. The van der Waals surface area contributed by atoms with Gasteiger partial charge in [-0.25, -0.2) is 9.78 Å². The Balaban J connectivity index is 2.28. The van der Waals surface area contributed by atoms with E-state index in [1.807, 2.05) is 44.2 Å². The van der Waals surface area contributed by atoms with E-state index >= 15 is 0 Å². The summed E-state index contributed by atoms with van der Waals surface area (Å²) in [7, 11) is 0. The molecule has 0 aliphatic heterocycles. The summed E-state index contributed by atoms with van der Waals surface area (Å²) in [5.74, 6) is -0.273. The van der Waals surface area contributed by atoms with Crippen molar-refractivity contribution in [3.63, 3.8) is 0 Å². The molecule has 0 aliphatic rings. The van der Waals surface area contributed by atoms with Crippen LogP contribution in [0.15, 0.2) is 36.5 Å². The van der Waals surface area contributed by atoms with Crippen LogP contribution in [0.2, 0.25) is 0 Å². The van der Waals surface area contributed by atoms with Crippen LogP contribution in [0.1, 0.15) is 13.8 Å². The van der Waals surface area contributed by atoms with Crippen molar-refractivity contribution in [3.05, 3.63) is 36.5 Å². The quantitative estimate of drug-likeness (QED) is 0.868. The van der Waals surface area contributed by atoms with Crippen molar-refractivity contribution in [1.82, 2.24) is 4.98 Å². The zero-order valence-corrected chi connectivity index (χ0v) is 10.4. The van der Waals surface area contributed by atoms with E-state index in [1.165, 1.54) is 0 Å². The third-order valence-corrected chi connectivity index (χ3v) is 2.87. The van der Waals surface area contributed by atoms with Gasteiger partial charge in [-0.3, -0.25) is 0 Å². The molecule has 0 unspecified atom stereocenters. The highest BCUT2D eigenvalue weighted by molar-refractivity contribution is 5.84. The van der Waals surface area contributed by atoms with Crippen molar-refractivity contribution in [2.45, 2.75) is 19.9 Å². The number of anilines is 1. The molecule has 0 amide bonds. The lowest BCUT2D eigenvalue weighted by Gasteiger charge is -2.18. The zero-order chi connectivity index (χ0) is 13.1. The third kappa shape index (κ3) is 2.59. The molecule has 0 aliphatic carbocycles. The fourth-order valence-electron chi connectivity index (χ4n) is 1.84. The van der Waals surface area contributed by atoms with Gasteiger partial charge in [0.1, 0.15) is 11.9 Å². The highest BCUT2D eigenvalue weighted by Crippen LogP contribution is 2.18. The first-order valence-electron chi connectivity index (χ1n) is 5.92. The lowest BCUT2D eigenvalue weighted by atomic mass is 10.0. The number of carbonyl (C=O) groups is 1. The lowest BCUT2D eigenvalue weighted by molar-refractivity contribution is -0.138. The second kappa shape index (κ2) is 5.04. The maximum Gasteiger partial charge on any atom is 0.326 e. The van der Waals surface area contributed by atoms with Crippen LogP contribution in [0.4, 0.5) is 5.82 Å². The molecule has 18 heavy (non-hydrogen) atoms. The number of benzene rings is 1. The first-order chi connectivity index (χ1) is 8.58. The van der Waals surface area contributed by atoms with E-state index in [4.69, 9.17) is 5.11 Å². The van der Waals surface area contributed by atoms with Gasteiger partial charge in [0.05, 0.1) is 0 Å². The van der Waals surface area contributed by atoms with Crippen LogP contribution in [0.25, 0.3) is 10.8 Å². The normalized spacial score (nSPS) is 12.6. The first-order valence-corrected chi connectivity index (χ1v) is 5.92. The predicted octanol–water partition coefficient (Wildman–Crippen LogP) is 2.76. The van der Waals surface area contributed by atoms with Gasteiger partial charge in [0.2, 0.25) is 0 Å². The SMILES string of the molecule is CC(C)[C@H](Nc1cc2ccccc2cn1)C(=O)O. The number of nitrogens with one attached hydrogen (secondary N) is 1. The summed E-state index contributed by atoms with van der Waals surface area (Å²) in [5, 5.41) is 14.2. The summed E-state index contributed by atoms with van der Waals surface area (Å²) < 4.78 is 0. The Morgan fingerprint density at radius 2 is 1.94 bits per heavy atom. The van der Waals surface area contributed by atoms with Gasteiger partial charge in [0.15, 0.2) is 0 Å². The highest BCUT2D eigenvalue weighted by Gasteiger charge is 2.21. The Hall–Kier alpha value is -2.10. The molecule has 0 spiro atoms. The van der Waals surface area contributed by atoms with E-state index < -0.39 is 12.0 Å². The summed E-state index contributed by atoms with van der Waals surface area (Å²) in [5.41, 5.74) is 0. The predicted molar refractivity (Wildman–Crippen MR) is 71.6 cm³/mol. The molecule has 1 atom stereocenters. The van der Waals surface area contributed by atoms with Gasteiger partial charge in [-0.05, 0) is 17.4 Å². The van der Waals surface area contributed by atoms with E-state index in [0.29, 0.717) is 5.82 Å². The lowest BCUT2D eigenvalue weighted by Crippen LogP contribution is -2.34. The molecule has 2 rings (SSSR count). The number of fused-ring (bicyclic) bond motifs is 1. The van der Waals surface area contributed by atoms with Crippen molar-refractivity contribution < 1.29 is 9.90 Å². The van der Waals surface area contributed by atoms with E-state index in [0.717, 1.165) is 10.8 Å². The molecule has 2 aromatic rings. The van der Waals surface area contributed by atoms with Crippen LogP contribution in [0.3, 0.4) is 0 Å². The third-order valence-electron chi connectivity index (χ3n) is 2.87. The Labute approximate surface area is 106 Å². The molecule has 0 bridgehead atoms. The average Bonchev–Trinajstić information content (AvgIpc) is 2.35.